The maximum atomic E-state index is 12.0. The van der Waals surface area contributed by atoms with Gasteiger partial charge in [-0.2, -0.15) is 0 Å². The zero-order valence-electron chi connectivity index (χ0n) is 9.94. The van der Waals surface area contributed by atoms with Crippen LogP contribution in [0.3, 0.4) is 0 Å². The summed E-state index contributed by atoms with van der Waals surface area (Å²) in [7, 11) is 1.58. The summed E-state index contributed by atoms with van der Waals surface area (Å²) < 4.78 is 5.77. The van der Waals surface area contributed by atoms with Crippen molar-refractivity contribution < 1.29 is 9.53 Å². The van der Waals surface area contributed by atoms with Crippen molar-refractivity contribution in [2.24, 2.45) is 5.92 Å². The standard InChI is InChI=1S/C12H14BrN3O2/c1-18-7-4-10(13)15-11(5-7)16-12(17)9-3-6-2-8(6)14-9/h4-6,8-9,14H,2-3H2,1H3,(H,15,16,17). The molecule has 1 saturated heterocycles. The molecule has 1 aromatic rings. The van der Waals surface area contributed by atoms with Crippen molar-refractivity contribution in [3.8, 4) is 5.75 Å². The zero-order chi connectivity index (χ0) is 12.7. The highest BCUT2D eigenvalue weighted by atomic mass is 79.9. The summed E-state index contributed by atoms with van der Waals surface area (Å²) >= 11 is 3.29. The molecule has 0 spiro atoms. The molecule has 5 nitrogen and oxygen atoms in total. The van der Waals surface area contributed by atoms with Crippen LogP contribution in [-0.2, 0) is 4.79 Å². The number of carbonyl (C=O) groups excluding carboxylic acids is 1. The number of hydrogen-bond acceptors (Lipinski definition) is 4. The number of nitrogens with one attached hydrogen (secondary N) is 2. The number of aromatic nitrogens is 1. The second-order valence-corrected chi connectivity index (χ2v) is 5.57. The van der Waals surface area contributed by atoms with Gasteiger partial charge in [0.05, 0.1) is 13.2 Å². The molecular weight excluding hydrogens is 298 g/mol. The molecular formula is C12H14BrN3O2. The van der Waals surface area contributed by atoms with Gasteiger partial charge in [0.25, 0.3) is 0 Å². The largest absolute Gasteiger partial charge is 0.497 e. The molecule has 2 aliphatic rings. The topological polar surface area (TPSA) is 63.2 Å². The van der Waals surface area contributed by atoms with Gasteiger partial charge in [0.1, 0.15) is 16.2 Å². The molecule has 2 heterocycles. The molecule has 6 heteroatoms. The minimum atomic E-state index is -0.0828. The molecule has 0 radical (unpaired) electrons. The van der Waals surface area contributed by atoms with E-state index in [0.29, 0.717) is 28.1 Å². The van der Waals surface area contributed by atoms with E-state index in [2.05, 4.69) is 31.5 Å². The Labute approximate surface area is 113 Å². The Bertz CT molecular complexity index is 484. The predicted molar refractivity (Wildman–Crippen MR) is 70.6 cm³/mol. The van der Waals surface area contributed by atoms with Gasteiger partial charge in [0, 0.05) is 18.2 Å². The number of fused-ring (bicyclic) bond motifs is 1. The van der Waals surface area contributed by atoms with Crippen molar-refractivity contribution in [3.05, 3.63) is 16.7 Å². The molecule has 0 bridgehead atoms. The first-order valence-corrected chi connectivity index (χ1v) is 6.73. The first-order chi connectivity index (χ1) is 8.65. The predicted octanol–water partition coefficient (Wildman–Crippen LogP) is 1.54. The minimum absolute atomic E-state index is 0.0187. The number of piperidine rings is 1. The van der Waals surface area contributed by atoms with Crippen LogP contribution in [-0.4, -0.2) is 30.1 Å². The number of ether oxygens (including phenoxy) is 1. The van der Waals surface area contributed by atoms with Crippen LogP contribution < -0.4 is 15.4 Å². The Kier molecular flexibility index (Phi) is 2.99. The number of halogens is 1. The fraction of sp³-hybridized carbons (Fsp3) is 0.500. The molecule has 1 aliphatic carbocycles. The average molecular weight is 312 g/mol. The summed E-state index contributed by atoms with van der Waals surface area (Å²) in [6.45, 7) is 0. The highest BCUT2D eigenvalue weighted by Crippen LogP contribution is 2.40. The van der Waals surface area contributed by atoms with Crippen LogP contribution in [0.15, 0.2) is 16.7 Å². The maximum absolute atomic E-state index is 12.0. The zero-order valence-corrected chi connectivity index (χ0v) is 11.5. The van der Waals surface area contributed by atoms with Crippen molar-refractivity contribution in [3.63, 3.8) is 0 Å². The fourth-order valence-electron chi connectivity index (χ4n) is 2.39. The van der Waals surface area contributed by atoms with Gasteiger partial charge < -0.3 is 15.4 Å². The van der Waals surface area contributed by atoms with Crippen LogP contribution in [0.2, 0.25) is 0 Å². The van der Waals surface area contributed by atoms with Crippen LogP contribution in [0.5, 0.6) is 5.75 Å². The number of nitrogens with zero attached hydrogens (tertiary/aromatic N) is 1. The van der Waals surface area contributed by atoms with Crippen molar-refractivity contribution in [2.75, 3.05) is 12.4 Å². The number of amides is 1. The first kappa shape index (κ1) is 11.9. The van der Waals surface area contributed by atoms with Gasteiger partial charge in [-0.05, 0) is 34.7 Å². The molecule has 18 heavy (non-hydrogen) atoms. The highest BCUT2D eigenvalue weighted by Gasteiger charge is 2.47. The number of carbonyl (C=O) groups is 1. The third kappa shape index (κ3) is 2.35. The van der Waals surface area contributed by atoms with Crippen molar-refractivity contribution in [1.82, 2.24) is 10.3 Å². The summed E-state index contributed by atoms with van der Waals surface area (Å²) in [6, 6.07) is 3.93. The third-order valence-corrected chi connectivity index (χ3v) is 3.85. The summed E-state index contributed by atoms with van der Waals surface area (Å²) in [4.78, 5) is 16.2. The Morgan fingerprint density at radius 3 is 3.06 bits per heavy atom. The van der Waals surface area contributed by atoms with Crippen LogP contribution >= 0.6 is 15.9 Å². The van der Waals surface area contributed by atoms with E-state index in [1.165, 1.54) is 6.42 Å². The quantitative estimate of drug-likeness (QED) is 0.831. The Morgan fingerprint density at radius 2 is 2.39 bits per heavy atom. The summed E-state index contributed by atoms with van der Waals surface area (Å²) in [5, 5.41) is 6.13. The Hall–Kier alpha value is -1.14. The SMILES string of the molecule is COc1cc(Br)nc(NC(=O)C2CC3CC3N2)c1. The van der Waals surface area contributed by atoms with Crippen molar-refractivity contribution >= 4 is 27.7 Å². The van der Waals surface area contributed by atoms with E-state index in [9.17, 15) is 4.79 Å². The molecule has 3 atom stereocenters. The molecule has 2 fully saturated rings. The lowest BCUT2D eigenvalue weighted by atomic mass is 10.2. The van der Waals surface area contributed by atoms with E-state index < -0.39 is 0 Å². The molecule has 1 aromatic heterocycles. The van der Waals surface area contributed by atoms with E-state index in [0.717, 1.165) is 6.42 Å². The third-order valence-electron chi connectivity index (χ3n) is 3.45. The van der Waals surface area contributed by atoms with Gasteiger partial charge in [-0.25, -0.2) is 4.98 Å². The molecule has 1 saturated carbocycles. The lowest BCUT2D eigenvalue weighted by Crippen LogP contribution is -2.38. The molecule has 1 aliphatic heterocycles. The van der Waals surface area contributed by atoms with Crippen LogP contribution in [0, 0.1) is 5.92 Å². The van der Waals surface area contributed by atoms with Gasteiger partial charge in [0.2, 0.25) is 5.91 Å². The van der Waals surface area contributed by atoms with Crippen molar-refractivity contribution in [1.29, 1.82) is 0 Å². The van der Waals surface area contributed by atoms with Crippen LogP contribution in [0.1, 0.15) is 12.8 Å². The van der Waals surface area contributed by atoms with Gasteiger partial charge in [0.15, 0.2) is 0 Å². The average Bonchev–Trinajstić information content (AvgIpc) is 2.95. The Morgan fingerprint density at radius 1 is 1.56 bits per heavy atom. The van der Waals surface area contributed by atoms with Crippen molar-refractivity contribution in [2.45, 2.75) is 24.9 Å². The van der Waals surface area contributed by atoms with Gasteiger partial charge >= 0.3 is 0 Å². The van der Waals surface area contributed by atoms with E-state index in [1.54, 1.807) is 19.2 Å². The number of rotatable bonds is 3. The summed E-state index contributed by atoms with van der Waals surface area (Å²) in [6.07, 6.45) is 2.15. The van der Waals surface area contributed by atoms with E-state index in [1.807, 2.05) is 0 Å². The Balaban J connectivity index is 1.68. The molecule has 2 N–H and O–H groups in total. The smallest absolute Gasteiger partial charge is 0.242 e. The lowest BCUT2D eigenvalue weighted by Gasteiger charge is -2.13. The maximum Gasteiger partial charge on any atom is 0.242 e. The molecule has 3 rings (SSSR count). The van der Waals surface area contributed by atoms with E-state index >= 15 is 0 Å². The number of methoxy groups -OCH3 is 1. The monoisotopic (exact) mass is 311 g/mol. The summed E-state index contributed by atoms with van der Waals surface area (Å²) in [5.74, 6) is 1.85. The second kappa shape index (κ2) is 4.51. The number of hydrogen-bond donors (Lipinski definition) is 2. The van der Waals surface area contributed by atoms with E-state index in [4.69, 9.17) is 4.74 Å². The molecule has 0 aromatic carbocycles. The fourth-order valence-corrected chi connectivity index (χ4v) is 2.81. The first-order valence-electron chi connectivity index (χ1n) is 5.94. The van der Waals surface area contributed by atoms with Gasteiger partial charge in [-0.15, -0.1) is 0 Å². The molecule has 96 valence electrons. The van der Waals surface area contributed by atoms with Gasteiger partial charge in [-0.1, -0.05) is 0 Å². The minimum Gasteiger partial charge on any atom is -0.497 e. The molecule has 3 unspecified atom stereocenters. The van der Waals surface area contributed by atoms with E-state index in [-0.39, 0.29) is 11.9 Å². The highest BCUT2D eigenvalue weighted by molar-refractivity contribution is 9.10. The van der Waals surface area contributed by atoms with Crippen LogP contribution in [0.4, 0.5) is 5.82 Å². The summed E-state index contributed by atoms with van der Waals surface area (Å²) in [5.41, 5.74) is 0. The number of pyridine rings is 1. The normalized spacial score (nSPS) is 28.7. The second-order valence-electron chi connectivity index (χ2n) is 4.76. The molecule has 1 amide bonds. The van der Waals surface area contributed by atoms with Crippen LogP contribution in [0.25, 0.3) is 0 Å². The lowest BCUT2D eigenvalue weighted by molar-refractivity contribution is -0.118. The number of anilines is 1. The van der Waals surface area contributed by atoms with Gasteiger partial charge in [-0.3, -0.25) is 4.79 Å².